The van der Waals surface area contributed by atoms with Crippen molar-refractivity contribution >= 4 is 60.9 Å². The van der Waals surface area contributed by atoms with Gasteiger partial charge in [-0.25, -0.2) is 9.88 Å². The van der Waals surface area contributed by atoms with Crippen LogP contribution in [-0.2, 0) is 4.79 Å². The molecule has 0 saturated heterocycles. The van der Waals surface area contributed by atoms with Gasteiger partial charge in [-0.15, -0.1) is 0 Å². The normalized spacial score (nSPS) is 13.2. The van der Waals surface area contributed by atoms with Crippen molar-refractivity contribution in [3.63, 3.8) is 0 Å². The molecular weight excluding hydrogens is 414 g/mol. The van der Waals surface area contributed by atoms with Crippen LogP contribution in [0.1, 0.15) is 34.6 Å². The molecule has 1 aromatic heterocycles. The third kappa shape index (κ3) is 3.03. The molecule has 0 bridgehead atoms. The first-order chi connectivity index (χ1) is 15.0. The molecule has 3 amide bonds. The number of benzene rings is 3. The minimum atomic E-state index is -0.438. The van der Waals surface area contributed by atoms with Gasteiger partial charge in [-0.1, -0.05) is 23.5 Å². The number of aromatic nitrogens is 1. The van der Waals surface area contributed by atoms with Crippen LogP contribution < -0.4 is 15.0 Å². The molecule has 0 unspecified atom stereocenters. The number of fused-ring (bicyclic) bond motifs is 1. The average molecular weight is 431 g/mol. The van der Waals surface area contributed by atoms with Gasteiger partial charge in [0.1, 0.15) is 5.75 Å². The first-order valence-corrected chi connectivity index (χ1v) is 10.5. The quantitative estimate of drug-likeness (QED) is 0.477. The van der Waals surface area contributed by atoms with E-state index >= 15 is 0 Å². The van der Waals surface area contributed by atoms with Crippen molar-refractivity contribution in [2.75, 3.05) is 16.8 Å². The van der Waals surface area contributed by atoms with Crippen molar-refractivity contribution < 1.29 is 19.1 Å². The van der Waals surface area contributed by atoms with Gasteiger partial charge in [0.15, 0.2) is 0 Å². The second-order valence-electron chi connectivity index (χ2n) is 7.07. The summed E-state index contributed by atoms with van der Waals surface area (Å²) < 4.78 is 6.36. The Morgan fingerprint density at radius 2 is 1.87 bits per heavy atom. The van der Waals surface area contributed by atoms with Gasteiger partial charge in [0.25, 0.3) is 11.8 Å². The summed E-state index contributed by atoms with van der Waals surface area (Å²) in [6.07, 6.45) is 0. The Morgan fingerprint density at radius 1 is 1.10 bits per heavy atom. The number of thiazole rings is 1. The number of hydrogen-bond acceptors (Lipinski definition) is 6. The van der Waals surface area contributed by atoms with E-state index < -0.39 is 11.8 Å². The molecule has 1 aliphatic rings. The van der Waals surface area contributed by atoms with E-state index in [0.717, 1.165) is 9.60 Å². The SMILES string of the molecule is CCOc1ccc2nc(N3C(=O)c4cccc5c(NC(C)=O)ccc(c45)C3=O)sc2c1. The second kappa shape index (κ2) is 7.17. The van der Waals surface area contributed by atoms with Crippen molar-refractivity contribution in [2.24, 2.45) is 0 Å². The van der Waals surface area contributed by atoms with Gasteiger partial charge in [0.2, 0.25) is 11.0 Å². The highest BCUT2D eigenvalue weighted by molar-refractivity contribution is 7.22. The number of rotatable bonds is 4. The van der Waals surface area contributed by atoms with Crippen molar-refractivity contribution in [1.29, 1.82) is 0 Å². The Kier molecular flexibility index (Phi) is 4.44. The summed E-state index contributed by atoms with van der Waals surface area (Å²) >= 11 is 1.26. The summed E-state index contributed by atoms with van der Waals surface area (Å²) in [5.41, 5.74) is 2.04. The summed E-state index contributed by atoms with van der Waals surface area (Å²) in [5.74, 6) is -0.391. The number of imide groups is 1. The molecule has 2 heterocycles. The maximum Gasteiger partial charge on any atom is 0.267 e. The molecule has 31 heavy (non-hydrogen) atoms. The summed E-state index contributed by atoms with van der Waals surface area (Å²) in [5, 5.41) is 4.26. The predicted molar refractivity (Wildman–Crippen MR) is 120 cm³/mol. The smallest absolute Gasteiger partial charge is 0.267 e. The molecule has 0 radical (unpaired) electrons. The van der Waals surface area contributed by atoms with Crippen LogP contribution in [-0.4, -0.2) is 29.3 Å². The Bertz CT molecular complexity index is 1390. The molecule has 1 aliphatic heterocycles. The van der Waals surface area contributed by atoms with E-state index in [1.54, 1.807) is 30.3 Å². The fraction of sp³-hybridized carbons (Fsp3) is 0.130. The Labute approximate surface area is 181 Å². The number of anilines is 2. The Balaban J connectivity index is 1.64. The molecule has 0 fully saturated rings. The molecule has 1 N–H and O–H groups in total. The van der Waals surface area contributed by atoms with Crippen LogP contribution in [0.15, 0.2) is 48.5 Å². The molecular formula is C23H17N3O4S. The number of hydrogen-bond donors (Lipinski definition) is 1. The lowest BCUT2D eigenvalue weighted by Crippen LogP contribution is -2.40. The van der Waals surface area contributed by atoms with E-state index in [1.807, 2.05) is 25.1 Å². The molecule has 154 valence electrons. The molecule has 0 saturated carbocycles. The van der Waals surface area contributed by atoms with Gasteiger partial charge in [-0.3, -0.25) is 14.4 Å². The molecule has 5 rings (SSSR count). The number of amides is 3. The number of nitrogens with one attached hydrogen (secondary N) is 1. The van der Waals surface area contributed by atoms with Crippen LogP contribution in [0.3, 0.4) is 0 Å². The monoisotopic (exact) mass is 431 g/mol. The minimum Gasteiger partial charge on any atom is -0.494 e. The lowest BCUT2D eigenvalue weighted by Gasteiger charge is -2.25. The van der Waals surface area contributed by atoms with Gasteiger partial charge in [-0.05, 0) is 43.3 Å². The number of ether oxygens (including phenoxy) is 1. The van der Waals surface area contributed by atoms with E-state index in [9.17, 15) is 14.4 Å². The Morgan fingerprint density at radius 3 is 2.61 bits per heavy atom. The first-order valence-electron chi connectivity index (χ1n) is 9.73. The maximum absolute atomic E-state index is 13.4. The maximum atomic E-state index is 13.4. The highest BCUT2D eigenvalue weighted by Gasteiger charge is 2.36. The van der Waals surface area contributed by atoms with Crippen LogP contribution in [0.5, 0.6) is 5.75 Å². The molecule has 0 atom stereocenters. The van der Waals surface area contributed by atoms with Crippen LogP contribution in [0.25, 0.3) is 21.0 Å². The Hall–Kier alpha value is -3.78. The van der Waals surface area contributed by atoms with E-state index in [4.69, 9.17) is 4.74 Å². The van der Waals surface area contributed by atoms with Crippen molar-refractivity contribution in [3.8, 4) is 5.75 Å². The van der Waals surface area contributed by atoms with E-state index in [2.05, 4.69) is 10.3 Å². The van der Waals surface area contributed by atoms with Gasteiger partial charge >= 0.3 is 0 Å². The molecule has 0 aliphatic carbocycles. The van der Waals surface area contributed by atoms with Crippen molar-refractivity contribution in [1.82, 2.24) is 4.98 Å². The standard InChI is InChI=1S/C23H17N3O4S/c1-3-30-13-7-9-18-19(11-13)31-23(25-18)26-21(28)15-6-4-5-14-17(24-12(2)27)10-8-16(20(14)15)22(26)29/h4-11H,3H2,1-2H3,(H,24,27). The topological polar surface area (TPSA) is 88.6 Å². The van der Waals surface area contributed by atoms with Crippen LogP contribution >= 0.6 is 11.3 Å². The predicted octanol–water partition coefficient (Wildman–Crippen LogP) is 4.61. The van der Waals surface area contributed by atoms with Crippen LogP contribution in [0.2, 0.25) is 0 Å². The van der Waals surface area contributed by atoms with Gasteiger partial charge < -0.3 is 10.1 Å². The minimum absolute atomic E-state index is 0.225. The molecule has 3 aromatic carbocycles. The summed E-state index contributed by atoms with van der Waals surface area (Å²) in [7, 11) is 0. The van der Waals surface area contributed by atoms with Gasteiger partial charge in [-0.2, -0.15) is 0 Å². The zero-order valence-corrected chi connectivity index (χ0v) is 17.6. The lowest BCUT2D eigenvalue weighted by atomic mass is 9.93. The largest absolute Gasteiger partial charge is 0.494 e. The number of carbonyl (C=O) groups excluding carboxylic acids is 3. The van der Waals surface area contributed by atoms with Crippen molar-refractivity contribution in [2.45, 2.75) is 13.8 Å². The fourth-order valence-electron chi connectivity index (χ4n) is 3.81. The van der Waals surface area contributed by atoms with E-state index in [-0.39, 0.29) is 5.91 Å². The fourth-order valence-corrected chi connectivity index (χ4v) is 4.80. The molecule has 0 spiro atoms. The third-order valence-electron chi connectivity index (χ3n) is 5.07. The molecule has 7 nitrogen and oxygen atoms in total. The van der Waals surface area contributed by atoms with Crippen LogP contribution in [0.4, 0.5) is 10.8 Å². The summed E-state index contributed by atoms with van der Waals surface area (Å²) in [6.45, 7) is 3.86. The molecule has 4 aromatic rings. The zero-order chi connectivity index (χ0) is 21.7. The first kappa shape index (κ1) is 19.2. The average Bonchev–Trinajstić information content (AvgIpc) is 3.15. The lowest BCUT2D eigenvalue weighted by molar-refractivity contribution is -0.114. The van der Waals surface area contributed by atoms with Gasteiger partial charge in [0.05, 0.1) is 16.8 Å². The summed E-state index contributed by atoms with van der Waals surface area (Å²) in [6, 6.07) is 14.0. The highest BCUT2D eigenvalue weighted by atomic mass is 32.1. The van der Waals surface area contributed by atoms with E-state index in [0.29, 0.717) is 50.6 Å². The third-order valence-corrected chi connectivity index (χ3v) is 6.07. The number of carbonyl (C=O) groups is 3. The number of nitrogens with zero attached hydrogens (tertiary/aromatic N) is 2. The zero-order valence-electron chi connectivity index (χ0n) is 16.8. The van der Waals surface area contributed by atoms with Gasteiger partial charge in [0, 0.05) is 34.5 Å². The second-order valence-corrected chi connectivity index (χ2v) is 8.08. The van der Waals surface area contributed by atoms with Crippen LogP contribution in [0, 0.1) is 0 Å². The summed E-state index contributed by atoms with van der Waals surface area (Å²) in [4.78, 5) is 43.9. The van der Waals surface area contributed by atoms with E-state index in [1.165, 1.54) is 18.3 Å². The van der Waals surface area contributed by atoms with Crippen molar-refractivity contribution in [3.05, 3.63) is 59.7 Å². The molecule has 8 heteroatoms. The highest BCUT2D eigenvalue weighted by Crippen LogP contribution is 2.39.